The highest BCUT2D eigenvalue weighted by molar-refractivity contribution is 5.65. The van der Waals surface area contributed by atoms with Gasteiger partial charge in [0.1, 0.15) is 13.2 Å². The lowest BCUT2D eigenvalue weighted by Gasteiger charge is -2.26. The molecule has 0 radical (unpaired) electrons. The normalized spacial score (nSPS) is 18.0. The molecule has 0 fully saturated rings. The Morgan fingerprint density at radius 3 is 3.06 bits per heavy atom. The Hall–Kier alpha value is -1.71. The molecule has 1 aliphatic rings. The summed E-state index contributed by atoms with van der Waals surface area (Å²) in [5.41, 5.74) is 1.11. The second-order valence-corrected chi connectivity index (χ2v) is 3.80. The minimum Gasteiger partial charge on any atom is -0.486 e. The summed E-state index contributed by atoms with van der Waals surface area (Å²) in [4.78, 5) is 10.7. The Bertz CT molecular complexity index is 400. The van der Waals surface area contributed by atoms with Crippen LogP contribution in [-0.4, -0.2) is 25.3 Å². The molecule has 4 nitrogen and oxygen atoms in total. The lowest BCUT2D eigenvalue weighted by Crippen LogP contribution is -2.34. The van der Waals surface area contributed by atoms with Crippen LogP contribution in [0.3, 0.4) is 0 Å². The first-order chi connectivity index (χ1) is 7.65. The standard InChI is InChI=1S/C12H14O4/c1-8-3-4-11-12(5-8)16-10(7-15-11)6-14-9(2)13/h3-5,10H,6-7H2,1-2H3. The molecule has 0 N–H and O–H groups in total. The van der Waals surface area contributed by atoms with Crippen molar-refractivity contribution in [1.82, 2.24) is 0 Å². The van der Waals surface area contributed by atoms with Gasteiger partial charge in [-0.25, -0.2) is 0 Å². The number of carbonyl (C=O) groups excluding carboxylic acids is 1. The van der Waals surface area contributed by atoms with Crippen molar-refractivity contribution < 1.29 is 19.0 Å². The van der Waals surface area contributed by atoms with Crippen LogP contribution in [0.4, 0.5) is 0 Å². The summed E-state index contributed by atoms with van der Waals surface area (Å²) in [5, 5.41) is 0. The number of carbonyl (C=O) groups is 1. The number of aryl methyl sites for hydroxylation is 1. The second-order valence-electron chi connectivity index (χ2n) is 3.80. The molecule has 1 aliphatic heterocycles. The lowest BCUT2D eigenvalue weighted by molar-refractivity contribution is -0.144. The van der Waals surface area contributed by atoms with E-state index in [9.17, 15) is 4.79 Å². The number of ether oxygens (including phenoxy) is 3. The van der Waals surface area contributed by atoms with Gasteiger partial charge in [-0.05, 0) is 24.6 Å². The van der Waals surface area contributed by atoms with Crippen molar-refractivity contribution >= 4 is 5.97 Å². The van der Waals surface area contributed by atoms with Crippen molar-refractivity contribution in [2.75, 3.05) is 13.2 Å². The van der Waals surface area contributed by atoms with Gasteiger partial charge in [0, 0.05) is 6.92 Å². The van der Waals surface area contributed by atoms with Crippen LogP contribution < -0.4 is 9.47 Å². The highest BCUT2D eigenvalue weighted by Gasteiger charge is 2.21. The molecule has 0 bridgehead atoms. The molecule has 16 heavy (non-hydrogen) atoms. The zero-order chi connectivity index (χ0) is 11.5. The van der Waals surface area contributed by atoms with Crippen LogP contribution >= 0.6 is 0 Å². The summed E-state index contributed by atoms with van der Waals surface area (Å²) in [6, 6.07) is 5.76. The quantitative estimate of drug-likeness (QED) is 0.714. The summed E-state index contributed by atoms with van der Waals surface area (Å²) in [5.74, 6) is 1.15. The molecule has 4 heteroatoms. The van der Waals surface area contributed by atoms with E-state index in [0.29, 0.717) is 12.4 Å². The number of hydrogen-bond acceptors (Lipinski definition) is 4. The van der Waals surface area contributed by atoms with Gasteiger partial charge < -0.3 is 14.2 Å². The maximum atomic E-state index is 10.7. The van der Waals surface area contributed by atoms with Gasteiger partial charge in [0.05, 0.1) is 0 Å². The number of fused-ring (bicyclic) bond motifs is 1. The van der Waals surface area contributed by atoms with E-state index in [-0.39, 0.29) is 18.7 Å². The van der Waals surface area contributed by atoms with E-state index in [1.165, 1.54) is 6.92 Å². The molecule has 1 heterocycles. The predicted octanol–water partition coefficient (Wildman–Crippen LogP) is 1.70. The third-order valence-electron chi connectivity index (χ3n) is 2.29. The first-order valence-corrected chi connectivity index (χ1v) is 5.18. The van der Waals surface area contributed by atoms with Crippen LogP contribution in [-0.2, 0) is 9.53 Å². The average Bonchev–Trinajstić information content (AvgIpc) is 2.25. The van der Waals surface area contributed by atoms with Crippen molar-refractivity contribution in [2.24, 2.45) is 0 Å². The Labute approximate surface area is 94.1 Å². The van der Waals surface area contributed by atoms with E-state index in [2.05, 4.69) is 0 Å². The van der Waals surface area contributed by atoms with Crippen LogP contribution in [0.25, 0.3) is 0 Å². The van der Waals surface area contributed by atoms with Crippen LogP contribution in [0, 0.1) is 6.92 Å². The molecular formula is C12H14O4. The Morgan fingerprint density at radius 2 is 2.31 bits per heavy atom. The third kappa shape index (κ3) is 2.45. The Kier molecular flexibility index (Phi) is 2.99. The molecule has 1 aromatic carbocycles. The van der Waals surface area contributed by atoms with Crippen LogP contribution in [0.15, 0.2) is 18.2 Å². The Morgan fingerprint density at radius 1 is 1.50 bits per heavy atom. The van der Waals surface area contributed by atoms with Crippen molar-refractivity contribution in [3.05, 3.63) is 23.8 Å². The SMILES string of the molecule is CC(=O)OCC1COc2ccc(C)cc2O1. The maximum absolute atomic E-state index is 10.7. The van der Waals surface area contributed by atoms with Crippen LogP contribution in [0.2, 0.25) is 0 Å². The summed E-state index contributed by atoms with van der Waals surface area (Å²) >= 11 is 0. The van der Waals surface area contributed by atoms with Gasteiger partial charge in [-0.3, -0.25) is 4.79 Å². The molecular weight excluding hydrogens is 208 g/mol. The van der Waals surface area contributed by atoms with Crippen molar-refractivity contribution in [2.45, 2.75) is 20.0 Å². The minimum absolute atomic E-state index is 0.224. The number of esters is 1. The predicted molar refractivity (Wildman–Crippen MR) is 57.7 cm³/mol. The third-order valence-corrected chi connectivity index (χ3v) is 2.29. The zero-order valence-electron chi connectivity index (χ0n) is 9.36. The van der Waals surface area contributed by atoms with E-state index in [1.54, 1.807) is 0 Å². The van der Waals surface area contributed by atoms with Gasteiger partial charge in [0.2, 0.25) is 0 Å². The summed E-state index contributed by atoms with van der Waals surface area (Å²) in [6.07, 6.45) is -0.224. The smallest absolute Gasteiger partial charge is 0.302 e. The highest BCUT2D eigenvalue weighted by atomic mass is 16.6. The van der Waals surface area contributed by atoms with Gasteiger partial charge in [-0.15, -0.1) is 0 Å². The highest BCUT2D eigenvalue weighted by Crippen LogP contribution is 2.32. The first kappa shape index (κ1) is 10.8. The average molecular weight is 222 g/mol. The fourth-order valence-corrected chi connectivity index (χ4v) is 1.52. The molecule has 1 unspecified atom stereocenters. The van der Waals surface area contributed by atoms with Crippen molar-refractivity contribution in [1.29, 1.82) is 0 Å². The molecule has 0 saturated carbocycles. The van der Waals surface area contributed by atoms with Crippen molar-refractivity contribution in [3.63, 3.8) is 0 Å². The minimum atomic E-state index is -0.307. The fraction of sp³-hybridized carbons (Fsp3) is 0.417. The first-order valence-electron chi connectivity index (χ1n) is 5.18. The zero-order valence-corrected chi connectivity index (χ0v) is 9.36. The number of rotatable bonds is 2. The van der Waals surface area contributed by atoms with E-state index in [0.717, 1.165) is 11.3 Å². The summed E-state index contributed by atoms with van der Waals surface area (Å²) in [6.45, 7) is 3.99. The van der Waals surface area contributed by atoms with Crippen LogP contribution in [0.1, 0.15) is 12.5 Å². The van der Waals surface area contributed by atoms with E-state index in [4.69, 9.17) is 14.2 Å². The van der Waals surface area contributed by atoms with E-state index < -0.39 is 0 Å². The van der Waals surface area contributed by atoms with E-state index >= 15 is 0 Å². The van der Waals surface area contributed by atoms with Gasteiger partial charge in [-0.2, -0.15) is 0 Å². The monoisotopic (exact) mass is 222 g/mol. The fourth-order valence-electron chi connectivity index (χ4n) is 1.52. The topological polar surface area (TPSA) is 44.8 Å². The van der Waals surface area contributed by atoms with Crippen molar-refractivity contribution in [3.8, 4) is 11.5 Å². The molecule has 0 aliphatic carbocycles. The second kappa shape index (κ2) is 4.43. The molecule has 0 aromatic heterocycles. The summed E-state index contributed by atoms with van der Waals surface area (Å²) < 4.78 is 16.1. The number of benzene rings is 1. The van der Waals surface area contributed by atoms with E-state index in [1.807, 2.05) is 25.1 Å². The largest absolute Gasteiger partial charge is 0.486 e. The lowest BCUT2D eigenvalue weighted by atomic mass is 10.2. The number of hydrogen-bond donors (Lipinski definition) is 0. The van der Waals surface area contributed by atoms with Gasteiger partial charge >= 0.3 is 5.97 Å². The molecule has 0 saturated heterocycles. The molecule has 0 spiro atoms. The Balaban J connectivity index is 2.02. The van der Waals surface area contributed by atoms with Gasteiger partial charge in [0.15, 0.2) is 17.6 Å². The summed E-state index contributed by atoms with van der Waals surface area (Å²) in [7, 11) is 0. The van der Waals surface area contributed by atoms with Gasteiger partial charge in [-0.1, -0.05) is 6.07 Å². The maximum Gasteiger partial charge on any atom is 0.302 e. The molecule has 1 atom stereocenters. The molecule has 2 rings (SSSR count). The van der Waals surface area contributed by atoms with Gasteiger partial charge in [0.25, 0.3) is 0 Å². The molecule has 86 valence electrons. The van der Waals surface area contributed by atoms with Crippen LogP contribution in [0.5, 0.6) is 11.5 Å². The molecule has 1 aromatic rings. The molecule has 0 amide bonds.